The third-order valence-corrected chi connectivity index (χ3v) is 4.69. The molecule has 6 heteroatoms. The zero-order valence-electron chi connectivity index (χ0n) is 16.8. The van der Waals surface area contributed by atoms with Gasteiger partial charge in [0.15, 0.2) is 5.96 Å². The fourth-order valence-electron chi connectivity index (χ4n) is 3.23. The zero-order valence-corrected chi connectivity index (χ0v) is 16.8. The fraction of sp³-hybridized carbons (Fsp3) is 0.700. The van der Waals surface area contributed by atoms with Crippen LogP contribution in [0.5, 0.6) is 0 Å². The summed E-state index contributed by atoms with van der Waals surface area (Å²) in [6.45, 7) is 14.9. The lowest BCUT2D eigenvalue weighted by molar-refractivity contribution is 0.0266. The van der Waals surface area contributed by atoms with E-state index in [2.05, 4.69) is 53.9 Å². The van der Waals surface area contributed by atoms with Gasteiger partial charge in [0.1, 0.15) is 5.82 Å². The Bertz CT molecular complexity index is 526. The first-order valence-electron chi connectivity index (χ1n) is 9.96. The summed E-state index contributed by atoms with van der Waals surface area (Å²) in [5.74, 6) is 2.60. The highest BCUT2D eigenvalue weighted by Gasteiger charge is 2.20. The Kier molecular flexibility index (Phi) is 8.68. The number of anilines is 1. The standard InChI is InChI=1S/C20H35N5O/c1-5-21-20(23-12-10-18(17(3)4)26-6-2)25-15-13-24(14-16-25)19-9-7-8-11-22-19/h7-9,11,17-18H,5-6,10,12-16H2,1-4H3,(H,21,23). The second kappa shape index (κ2) is 11.0. The molecular formula is C20H35N5O. The van der Waals surface area contributed by atoms with Crippen LogP contribution in [0.4, 0.5) is 5.82 Å². The maximum Gasteiger partial charge on any atom is 0.194 e. The number of pyridine rings is 1. The van der Waals surface area contributed by atoms with Gasteiger partial charge in [-0.25, -0.2) is 4.98 Å². The van der Waals surface area contributed by atoms with E-state index in [1.807, 2.05) is 18.3 Å². The van der Waals surface area contributed by atoms with Crippen LogP contribution in [0, 0.1) is 5.92 Å². The van der Waals surface area contributed by atoms with E-state index < -0.39 is 0 Å². The number of aromatic nitrogens is 1. The van der Waals surface area contributed by atoms with Gasteiger partial charge in [-0.3, -0.25) is 4.99 Å². The van der Waals surface area contributed by atoms with E-state index in [1.54, 1.807) is 0 Å². The molecule has 0 aromatic carbocycles. The van der Waals surface area contributed by atoms with Gasteiger partial charge < -0.3 is 19.9 Å². The predicted molar refractivity (Wildman–Crippen MR) is 109 cm³/mol. The molecule has 1 aliphatic rings. The molecule has 26 heavy (non-hydrogen) atoms. The van der Waals surface area contributed by atoms with E-state index in [1.165, 1.54) is 0 Å². The van der Waals surface area contributed by atoms with Gasteiger partial charge in [-0.15, -0.1) is 0 Å². The normalized spacial score (nSPS) is 16.9. The molecule has 0 saturated carbocycles. The number of aliphatic imine (C=N–C) groups is 1. The molecule has 2 heterocycles. The van der Waals surface area contributed by atoms with Crippen LogP contribution in [-0.2, 0) is 4.74 Å². The summed E-state index contributed by atoms with van der Waals surface area (Å²) in [6, 6.07) is 6.08. The zero-order chi connectivity index (χ0) is 18.8. The van der Waals surface area contributed by atoms with Crippen molar-refractivity contribution in [2.75, 3.05) is 50.8 Å². The number of hydrogen-bond donors (Lipinski definition) is 1. The van der Waals surface area contributed by atoms with Crippen molar-refractivity contribution in [3.05, 3.63) is 24.4 Å². The van der Waals surface area contributed by atoms with Crippen molar-refractivity contribution in [3.63, 3.8) is 0 Å². The summed E-state index contributed by atoms with van der Waals surface area (Å²) >= 11 is 0. The van der Waals surface area contributed by atoms with E-state index in [4.69, 9.17) is 9.73 Å². The van der Waals surface area contributed by atoms with Crippen molar-refractivity contribution in [2.45, 2.75) is 40.2 Å². The van der Waals surface area contributed by atoms with Gasteiger partial charge in [0.05, 0.1) is 6.10 Å². The lowest BCUT2D eigenvalue weighted by Crippen LogP contribution is -2.52. The first-order valence-corrected chi connectivity index (χ1v) is 9.96. The quantitative estimate of drug-likeness (QED) is 0.570. The molecule has 2 rings (SSSR count). The van der Waals surface area contributed by atoms with E-state index in [9.17, 15) is 0 Å². The van der Waals surface area contributed by atoms with Crippen LogP contribution in [-0.4, -0.2) is 67.8 Å². The van der Waals surface area contributed by atoms with Gasteiger partial charge in [-0.05, 0) is 38.3 Å². The molecule has 0 aliphatic carbocycles. The van der Waals surface area contributed by atoms with E-state index in [0.29, 0.717) is 5.92 Å². The minimum absolute atomic E-state index is 0.285. The topological polar surface area (TPSA) is 53.0 Å². The van der Waals surface area contributed by atoms with E-state index in [0.717, 1.165) is 64.1 Å². The molecule has 6 nitrogen and oxygen atoms in total. The molecule has 1 saturated heterocycles. The highest BCUT2D eigenvalue weighted by Crippen LogP contribution is 2.13. The fourth-order valence-corrected chi connectivity index (χ4v) is 3.23. The molecule has 1 aromatic heterocycles. The Morgan fingerprint density at radius 1 is 1.23 bits per heavy atom. The SMILES string of the molecule is CCNC(=NCCC(OCC)C(C)C)N1CCN(c2ccccn2)CC1. The number of ether oxygens (including phenoxy) is 1. The Labute approximate surface area is 158 Å². The van der Waals surface area contributed by atoms with Gasteiger partial charge in [0.2, 0.25) is 0 Å². The second-order valence-corrected chi connectivity index (χ2v) is 6.92. The maximum atomic E-state index is 5.84. The second-order valence-electron chi connectivity index (χ2n) is 6.92. The van der Waals surface area contributed by atoms with Crippen molar-refractivity contribution < 1.29 is 4.74 Å². The lowest BCUT2D eigenvalue weighted by atomic mass is 10.0. The minimum atomic E-state index is 0.285. The van der Waals surface area contributed by atoms with E-state index >= 15 is 0 Å². The van der Waals surface area contributed by atoms with Crippen LogP contribution < -0.4 is 10.2 Å². The monoisotopic (exact) mass is 361 g/mol. The largest absolute Gasteiger partial charge is 0.378 e. The molecule has 146 valence electrons. The van der Waals surface area contributed by atoms with Gasteiger partial charge >= 0.3 is 0 Å². The highest BCUT2D eigenvalue weighted by atomic mass is 16.5. The Hall–Kier alpha value is -1.82. The van der Waals surface area contributed by atoms with Crippen molar-refractivity contribution in [3.8, 4) is 0 Å². The maximum absolute atomic E-state index is 5.84. The van der Waals surface area contributed by atoms with Crippen LogP contribution >= 0.6 is 0 Å². The lowest BCUT2D eigenvalue weighted by Gasteiger charge is -2.37. The molecule has 0 radical (unpaired) electrons. The van der Waals surface area contributed by atoms with Crippen LogP contribution in [0.15, 0.2) is 29.4 Å². The summed E-state index contributed by atoms with van der Waals surface area (Å²) in [5.41, 5.74) is 0. The van der Waals surface area contributed by atoms with Crippen LogP contribution in [0.3, 0.4) is 0 Å². The summed E-state index contributed by atoms with van der Waals surface area (Å²) < 4.78 is 5.84. The van der Waals surface area contributed by atoms with Gasteiger partial charge in [0, 0.05) is 52.1 Å². The molecule has 1 atom stereocenters. The number of rotatable bonds is 8. The number of nitrogens with zero attached hydrogens (tertiary/aromatic N) is 4. The summed E-state index contributed by atoms with van der Waals surface area (Å²) in [6.07, 6.45) is 3.11. The molecule has 0 amide bonds. The summed E-state index contributed by atoms with van der Waals surface area (Å²) in [5, 5.41) is 3.44. The first kappa shape index (κ1) is 20.5. The smallest absolute Gasteiger partial charge is 0.194 e. The Morgan fingerprint density at radius 3 is 2.58 bits per heavy atom. The third-order valence-electron chi connectivity index (χ3n) is 4.69. The van der Waals surface area contributed by atoms with Crippen molar-refractivity contribution in [1.82, 2.24) is 15.2 Å². The summed E-state index contributed by atoms with van der Waals surface area (Å²) in [7, 11) is 0. The number of nitrogens with one attached hydrogen (secondary N) is 1. The molecule has 1 fully saturated rings. The minimum Gasteiger partial charge on any atom is -0.378 e. The van der Waals surface area contributed by atoms with Crippen molar-refractivity contribution >= 4 is 11.8 Å². The van der Waals surface area contributed by atoms with Crippen molar-refractivity contribution in [2.24, 2.45) is 10.9 Å². The Morgan fingerprint density at radius 2 is 2.00 bits per heavy atom. The van der Waals surface area contributed by atoms with Crippen LogP contribution in [0.1, 0.15) is 34.1 Å². The Balaban J connectivity index is 1.89. The predicted octanol–water partition coefficient (Wildman–Crippen LogP) is 2.62. The van der Waals surface area contributed by atoms with Crippen molar-refractivity contribution in [1.29, 1.82) is 0 Å². The number of hydrogen-bond acceptors (Lipinski definition) is 4. The molecule has 1 N–H and O–H groups in total. The number of guanidine groups is 1. The average molecular weight is 362 g/mol. The number of piperazine rings is 1. The average Bonchev–Trinajstić information content (AvgIpc) is 2.67. The molecule has 1 unspecified atom stereocenters. The first-order chi connectivity index (χ1) is 12.7. The van der Waals surface area contributed by atoms with Crippen LogP contribution in [0.25, 0.3) is 0 Å². The molecule has 0 spiro atoms. The van der Waals surface area contributed by atoms with Crippen LogP contribution in [0.2, 0.25) is 0 Å². The highest BCUT2D eigenvalue weighted by molar-refractivity contribution is 5.80. The van der Waals surface area contributed by atoms with E-state index in [-0.39, 0.29) is 6.10 Å². The van der Waals surface area contributed by atoms with Gasteiger partial charge in [0.25, 0.3) is 0 Å². The molecule has 0 bridgehead atoms. The van der Waals surface area contributed by atoms with Gasteiger partial charge in [-0.2, -0.15) is 0 Å². The molecule has 1 aromatic rings. The molecule has 1 aliphatic heterocycles. The summed E-state index contributed by atoms with van der Waals surface area (Å²) in [4.78, 5) is 14.0. The molecular weight excluding hydrogens is 326 g/mol. The third kappa shape index (κ3) is 6.16. The van der Waals surface area contributed by atoms with Gasteiger partial charge in [-0.1, -0.05) is 19.9 Å².